The summed E-state index contributed by atoms with van der Waals surface area (Å²) in [5.74, 6) is 0.109. The summed E-state index contributed by atoms with van der Waals surface area (Å²) in [6.07, 6.45) is 0.317. The molecule has 0 bridgehead atoms. The maximum Gasteiger partial charge on any atom is 0.416 e. The van der Waals surface area contributed by atoms with Crippen LogP contribution in [0.4, 0.5) is 13.2 Å². The molecule has 2 fully saturated rings. The number of hydrogen-bond donors (Lipinski definition) is 2. The molecular formula is C26H30F3NO3. The lowest BCUT2D eigenvalue weighted by Gasteiger charge is -2.47. The number of nitrogens with zero attached hydrogens (tertiary/aromatic N) is 1. The molecule has 3 aliphatic rings. The van der Waals surface area contributed by atoms with Gasteiger partial charge in [-0.25, -0.2) is 0 Å². The molecule has 2 heterocycles. The molecule has 178 valence electrons. The number of benzene rings is 1. The highest BCUT2D eigenvalue weighted by Gasteiger charge is 2.45. The van der Waals surface area contributed by atoms with E-state index in [1.165, 1.54) is 18.6 Å². The van der Waals surface area contributed by atoms with Gasteiger partial charge in [0.25, 0.3) is 0 Å². The van der Waals surface area contributed by atoms with Crippen molar-refractivity contribution in [2.45, 2.75) is 76.2 Å². The highest BCUT2D eigenvalue weighted by molar-refractivity contribution is 5.48. The van der Waals surface area contributed by atoms with E-state index in [-0.39, 0.29) is 11.3 Å². The molecule has 1 aromatic carbocycles. The molecule has 2 N–H and O–H groups in total. The van der Waals surface area contributed by atoms with Gasteiger partial charge in [0.2, 0.25) is 0 Å². The maximum atomic E-state index is 13.0. The van der Waals surface area contributed by atoms with Crippen LogP contribution in [0.25, 0.3) is 0 Å². The fraction of sp³-hybridized carbons (Fsp3) is 0.577. The van der Waals surface area contributed by atoms with Gasteiger partial charge in [-0.15, -0.1) is 0 Å². The Hall–Kier alpha value is -1.96. The smallest absolute Gasteiger partial charge is 0.388 e. The summed E-state index contributed by atoms with van der Waals surface area (Å²) in [5.41, 5.74) is 3.75. The number of aliphatic hydroxyl groups is 2. The van der Waals surface area contributed by atoms with E-state index in [0.29, 0.717) is 30.8 Å². The minimum absolute atomic E-state index is 0.109. The first kappa shape index (κ1) is 22.8. The molecule has 1 aliphatic heterocycles. The topological polar surface area (TPSA) is 62.6 Å². The molecule has 1 saturated carbocycles. The van der Waals surface area contributed by atoms with Gasteiger partial charge in [-0.3, -0.25) is 4.98 Å². The van der Waals surface area contributed by atoms with Crippen LogP contribution in [0.5, 0.6) is 0 Å². The highest BCUT2D eigenvalue weighted by atomic mass is 19.4. The molecule has 5 rings (SSSR count). The van der Waals surface area contributed by atoms with Crippen molar-refractivity contribution in [1.29, 1.82) is 0 Å². The summed E-state index contributed by atoms with van der Waals surface area (Å²) in [7, 11) is 0. The fourth-order valence-electron chi connectivity index (χ4n) is 6.04. The SMILES string of the molecule is Cc1c2c(nc(C3CCOCC3)c1C(O)c1ccc(C(F)(F)F)cc1)CC1(CCC1)CC2O. The van der Waals surface area contributed by atoms with E-state index in [0.717, 1.165) is 66.8 Å². The average molecular weight is 462 g/mol. The van der Waals surface area contributed by atoms with E-state index in [1.54, 1.807) is 0 Å². The van der Waals surface area contributed by atoms with Crippen molar-refractivity contribution in [3.63, 3.8) is 0 Å². The van der Waals surface area contributed by atoms with Crippen LogP contribution in [0.1, 0.15) is 95.9 Å². The maximum absolute atomic E-state index is 13.0. The molecule has 2 aromatic rings. The Morgan fingerprint density at radius 3 is 2.36 bits per heavy atom. The van der Waals surface area contributed by atoms with Gasteiger partial charge in [-0.05, 0) is 74.1 Å². The van der Waals surface area contributed by atoms with Crippen LogP contribution in [0.2, 0.25) is 0 Å². The van der Waals surface area contributed by atoms with Gasteiger partial charge in [0.05, 0.1) is 17.4 Å². The zero-order valence-electron chi connectivity index (χ0n) is 18.8. The minimum atomic E-state index is -4.43. The normalized spacial score (nSPS) is 23.8. The van der Waals surface area contributed by atoms with Gasteiger partial charge in [0, 0.05) is 36.0 Å². The molecular weight excluding hydrogens is 431 g/mol. The van der Waals surface area contributed by atoms with E-state index < -0.39 is 23.9 Å². The number of hydrogen-bond acceptors (Lipinski definition) is 4. The molecule has 2 unspecified atom stereocenters. The molecule has 0 amide bonds. The third-order valence-electron chi connectivity index (χ3n) is 8.00. The molecule has 33 heavy (non-hydrogen) atoms. The lowest BCUT2D eigenvalue weighted by molar-refractivity contribution is -0.137. The third kappa shape index (κ3) is 4.08. The Morgan fingerprint density at radius 1 is 1.12 bits per heavy atom. The van der Waals surface area contributed by atoms with Crippen LogP contribution < -0.4 is 0 Å². The van der Waals surface area contributed by atoms with Crippen molar-refractivity contribution < 1.29 is 28.1 Å². The fourth-order valence-corrected chi connectivity index (χ4v) is 6.04. The van der Waals surface area contributed by atoms with Crippen LogP contribution in [0.3, 0.4) is 0 Å². The zero-order chi connectivity index (χ0) is 23.4. The molecule has 2 aliphatic carbocycles. The van der Waals surface area contributed by atoms with Gasteiger partial charge >= 0.3 is 6.18 Å². The number of alkyl halides is 3. The molecule has 2 atom stereocenters. The molecule has 1 saturated heterocycles. The molecule has 0 radical (unpaired) electrons. The van der Waals surface area contributed by atoms with Crippen LogP contribution in [0.15, 0.2) is 24.3 Å². The van der Waals surface area contributed by atoms with Crippen LogP contribution >= 0.6 is 0 Å². The van der Waals surface area contributed by atoms with E-state index in [2.05, 4.69) is 0 Å². The van der Waals surface area contributed by atoms with Crippen molar-refractivity contribution in [2.24, 2.45) is 5.41 Å². The van der Waals surface area contributed by atoms with Crippen LogP contribution in [0, 0.1) is 12.3 Å². The lowest BCUT2D eigenvalue weighted by atomic mass is 9.59. The lowest BCUT2D eigenvalue weighted by Crippen LogP contribution is -2.38. The van der Waals surface area contributed by atoms with Crippen molar-refractivity contribution in [3.05, 3.63) is 63.5 Å². The van der Waals surface area contributed by atoms with E-state index in [4.69, 9.17) is 9.72 Å². The Morgan fingerprint density at radius 2 is 1.79 bits per heavy atom. The largest absolute Gasteiger partial charge is 0.416 e. The zero-order valence-corrected chi connectivity index (χ0v) is 18.8. The summed E-state index contributed by atoms with van der Waals surface area (Å²) in [6, 6.07) is 4.67. The van der Waals surface area contributed by atoms with Crippen molar-refractivity contribution in [3.8, 4) is 0 Å². The number of aromatic nitrogens is 1. The highest BCUT2D eigenvalue weighted by Crippen LogP contribution is 2.54. The van der Waals surface area contributed by atoms with E-state index in [1.807, 2.05) is 6.92 Å². The summed E-state index contributed by atoms with van der Waals surface area (Å²) >= 11 is 0. The molecule has 1 spiro atoms. The van der Waals surface area contributed by atoms with Crippen molar-refractivity contribution in [2.75, 3.05) is 13.2 Å². The Balaban J connectivity index is 1.60. The van der Waals surface area contributed by atoms with Gasteiger partial charge in [-0.2, -0.15) is 13.2 Å². The van der Waals surface area contributed by atoms with Crippen LogP contribution in [-0.4, -0.2) is 28.4 Å². The minimum Gasteiger partial charge on any atom is -0.388 e. The van der Waals surface area contributed by atoms with Gasteiger partial charge in [0.15, 0.2) is 0 Å². The van der Waals surface area contributed by atoms with Crippen molar-refractivity contribution in [1.82, 2.24) is 4.98 Å². The number of aliphatic hydroxyl groups excluding tert-OH is 2. The number of halogens is 3. The van der Waals surface area contributed by atoms with E-state index >= 15 is 0 Å². The van der Waals surface area contributed by atoms with Crippen molar-refractivity contribution >= 4 is 0 Å². The summed E-state index contributed by atoms with van der Waals surface area (Å²) in [6.45, 7) is 3.14. The second-order valence-electron chi connectivity index (χ2n) is 10.1. The Bertz CT molecular complexity index is 1020. The summed E-state index contributed by atoms with van der Waals surface area (Å²) in [5, 5.41) is 22.5. The van der Waals surface area contributed by atoms with Gasteiger partial charge in [0.1, 0.15) is 6.10 Å². The number of fused-ring (bicyclic) bond motifs is 1. The number of pyridine rings is 1. The second-order valence-corrected chi connectivity index (χ2v) is 10.1. The average Bonchev–Trinajstić information content (AvgIpc) is 2.77. The monoisotopic (exact) mass is 461 g/mol. The summed E-state index contributed by atoms with van der Waals surface area (Å²) < 4.78 is 44.6. The summed E-state index contributed by atoms with van der Waals surface area (Å²) in [4.78, 5) is 5.07. The predicted molar refractivity (Wildman–Crippen MR) is 117 cm³/mol. The number of ether oxygens (including phenoxy) is 1. The first-order valence-electron chi connectivity index (χ1n) is 11.8. The first-order chi connectivity index (χ1) is 15.7. The standard InChI is InChI=1S/C26H30F3NO3/c1-15-21-19(13-25(9-2-10-25)14-20(21)31)30-23(16-7-11-33-12-8-16)22(15)24(32)17-3-5-18(6-4-17)26(27,28)29/h3-6,16,20,24,31-32H,2,7-14H2,1H3. The predicted octanol–water partition coefficient (Wildman–Crippen LogP) is 5.53. The first-order valence-corrected chi connectivity index (χ1v) is 11.8. The van der Waals surface area contributed by atoms with Gasteiger partial charge in [-0.1, -0.05) is 18.6 Å². The Kier molecular flexibility index (Phi) is 5.78. The molecule has 7 heteroatoms. The van der Waals surface area contributed by atoms with Crippen LogP contribution in [-0.2, 0) is 17.3 Å². The Labute approximate surface area is 191 Å². The second kappa shape index (κ2) is 8.36. The third-order valence-corrected chi connectivity index (χ3v) is 8.00. The number of rotatable bonds is 3. The molecule has 1 aromatic heterocycles. The van der Waals surface area contributed by atoms with Gasteiger partial charge < -0.3 is 14.9 Å². The molecule has 4 nitrogen and oxygen atoms in total. The quantitative estimate of drug-likeness (QED) is 0.631. The van der Waals surface area contributed by atoms with E-state index in [9.17, 15) is 23.4 Å².